The van der Waals surface area contributed by atoms with Crippen molar-refractivity contribution in [2.24, 2.45) is 0 Å². The van der Waals surface area contributed by atoms with Crippen LogP contribution in [-0.4, -0.2) is 32.0 Å². The number of nitrogens with one attached hydrogen (secondary N) is 1. The molecule has 1 amide bonds. The van der Waals surface area contributed by atoms with Gasteiger partial charge in [-0.2, -0.15) is 0 Å². The Kier molecular flexibility index (Phi) is 6.45. The zero-order valence-corrected chi connectivity index (χ0v) is 11.5. The topological polar surface area (TPSA) is 47.6 Å². The van der Waals surface area contributed by atoms with Crippen molar-refractivity contribution in [1.29, 1.82) is 0 Å². The third-order valence-corrected chi connectivity index (χ3v) is 2.58. The number of halogens is 1. The molecule has 0 aliphatic rings. The van der Waals surface area contributed by atoms with E-state index in [0.29, 0.717) is 18.8 Å². The Labute approximate surface area is 112 Å². The van der Waals surface area contributed by atoms with Crippen molar-refractivity contribution < 1.29 is 18.7 Å². The lowest BCUT2D eigenvalue weighted by atomic mass is 10.1. The first-order valence-corrected chi connectivity index (χ1v) is 6.36. The van der Waals surface area contributed by atoms with Crippen LogP contribution < -0.4 is 5.32 Å². The maximum Gasteiger partial charge on any atom is 0.251 e. The number of hydrogen-bond donors (Lipinski definition) is 1. The van der Waals surface area contributed by atoms with Crippen molar-refractivity contribution in [3.05, 3.63) is 35.1 Å². The Morgan fingerprint density at radius 2 is 1.95 bits per heavy atom. The zero-order chi connectivity index (χ0) is 14.3. The summed E-state index contributed by atoms with van der Waals surface area (Å²) in [7, 11) is 0. The smallest absolute Gasteiger partial charge is 0.251 e. The van der Waals surface area contributed by atoms with Crippen LogP contribution in [0, 0.1) is 12.7 Å². The average molecular weight is 269 g/mol. The van der Waals surface area contributed by atoms with E-state index >= 15 is 0 Å². The van der Waals surface area contributed by atoms with Crippen molar-refractivity contribution in [1.82, 2.24) is 5.32 Å². The van der Waals surface area contributed by atoms with Crippen LogP contribution in [-0.2, 0) is 9.47 Å². The number of benzene rings is 1. The minimum Gasteiger partial charge on any atom is -0.351 e. The van der Waals surface area contributed by atoms with Crippen molar-refractivity contribution in [2.75, 3.05) is 19.8 Å². The molecule has 1 aromatic carbocycles. The van der Waals surface area contributed by atoms with Crippen molar-refractivity contribution in [2.45, 2.75) is 27.1 Å². The molecule has 0 spiro atoms. The average Bonchev–Trinajstić information content (AvgIpc) is 2.39. The summed E-state index contributed by atoms with van der Waals surface area (Å²) >= 11 is 0. The third kappa shape index (κ3) is 4.96. The number of carbonyl (C=O) groups is 1. The summed E-state index contributed by atoms with van der Waals surface area (Å²) in [6, 6.07) is 4.13. The van der Waals surface area contributed by atoms with Crippen LogP contribution in [0.4, 0.5) is 4.39 Å². The fraction of sp³-hybridized carbons (Fsp3) is 0.500. The molecule has 106 valence electrons. The fourth-order valence-corrected chi connectivity index (χ4v) is 1.65. The molecule has 4 nitrogen and oxygen atoms in total. The highest BCUT2D eigenvalue weighted by Crippen LogP contribution is 2.10. The molecular weight excluding hydrogens is 249 g/mol. The van der Waals surface area contributed by atoms with Gasteiger partial charge in [0.2, 0.25) is 0 Å². The van der Waals surface area contributed by atoms with Gasteiger partial charge >= 0.3 is 0 Å². The first-order chi connectivity index (χ1) is 9.08. The fourth-order valence-electron chi connectivity index (χ4n) is 1.65. The number of carbonyl (C=O) groups excluding carboxylic acids is 1. The quantitative estimate of drug-likeness (QED) is 0.772. The summed E-state index contributed by atoms with van der Waals surface area (Å²) < 4.78 is 23.7. The van der Waals surface area contributed by atoms with Gasteiger partial charge in [0.15, 0.2) is 6.29 Å². The van der Waals surface area contributed by atoms with Gasteiger partial charge in [0.1, 0.15) is 5.82 Å². The Hall–Kier alpha value is -1.46. The molecule has 1 N–H and O–H groups in total. The van der Waals surface area contributed by atoms with E-state index in [2.05, 4.69) is 5.32 Å². The van der Waals surface area contributed by atoms with Crippen molar-refractivity contribution in [3.63, 3.8) is 0 Å². The first kappa shape index (κ1) is 15.6. The lowest BCUT2D eigenvalue weighted by Crippen LogP contribution is -2.35. The molecule has 0 bridgehead atoms. The molecule has 0 aromatic heterocycles. The standard InChI is InChI=1S/C14H20FNO3/c1-4-18-13(19-5-2)9-16-14(17)12-8-11(15)7-6-10(12)3/h6-8,13H,4-5,9H2,1-3H3,(H,16,17). The number of rotatable bonds is 7. The highest BCUT2D eigenvalue weighted by molar-refractivity contribution is 5.95. The molecule has 5 heteroatoms. The minimum atomic E-state index is -0.479. The van der Waals surface area contributed by atoms with Crippen LogP contribution in [0.5, 0.6) is 0 Å². The molecule has 1 aromatic rings. The molecule has 0 unspecified atom stereocenters. The van der Waals surface area contributed by atoms with E-state index in [-0.39, 0.29) is 12.5 Å². The van der Waals surface area contributed by atoms with E-state index < -0.39 is 12.1 Å². The van der Waals surface area contributed by atoms with Gasteiger partial charge < -0.3 is 14.8 Å². The number of amides is 1. The largest absolute Gasteiger partial charge is 0.351 e. The maximum absolute atomic E-state index is 13.1. The van der Waals surface area contributed by atoms with Crippen LogP contribution in [0.3, 0.4) is 0 Å². The molecule has 0 heterocycles. The van der Waals surface area contributed by atoms with Crippen LogP contribution in [0.15, 0.2) is 18.2 Å². The van der Waals surface area contributed by atoms with Gasteiger partial charge in [0.25, 0.3) is 5.91 Å². The summed E-state index contributed by atoms with van der Waals surface area (Å²) in [4.78, 5) is 11.9. The molecule has 0 saturated carbocycles. The van der Waals surface area contributed by atoms with Gasteiger partial charge in [0, 0.05) is 18.8 Å². The predicted octanol–water partition coefficient (Wildman–Crippen LogP) is 2.26. The number of ether oxygens (including phenoxy) is 2. The van der Waals surface area contributed by atoms with E-state index in [0.717, 1.165) is 5.56 Å². The van der Waals surface area contributed by atoms with Crippen LogP contribution in [0.25, 0.3) is 0 Å². The van der Waals surface area contributed by atoms with E-state index in [1.54, 1.807) is 13.0 Å². The van der Waals surface area contributed by atoms with Crippen LogP contribution in [0.1, 0.15) is 29.8 Å². The molecule has 0 saturated heterocycles. The highest BCUT2D eigenvalue weighted by Gasteiger charge is 2.13. The molecular formula is C14H20FNO3. The Balaban J connectivity index is 2.61. The van der Waals surface area contributed by atoms with E-state index in [4.69, 9.17) is 9.47 Å². The lowest BCUT2D eigenvalue weighted by Gasteiger charge is -2.17. The second-order valence-corrected chi connectivity index (χ2v) is 4.01. The van der Waals surface area contributed by atoms with E-state index in [9.17, 15) is 9.18 Å². The molecule has 0 aliphatic carbocycles. The molecule has 0 aliphatic heterocycles. The van der Waals surface area contributed by atoms with Crippen molar-refractivity contribution >= 4 is 5.91 Å². The van der Waals surface area contributed by atoms with Gasteiger partial charge in [-0.05, 0) is 38.5 Å². The second-order valence-electron chi connectivity index (χ2n) is 4.01. The van der Waals surface area contributed by atoms with E-state index in [1.807, 2.05) is 13.8 Å². The minimum absolute atomic E-state index is 0.233. The van der Waals surface area contributed by atoms with Crippen LogP contribution in [0.2, 0.25) is 0 Å². The Morgan fingerprint density at radius 1 is 1.32 bits per heavy atom. The Morgan fingerprint density at radius 3 is 2.53 bits per heavy atom. The molecule has 1 rings (SSSR count). The van der Waals surface area contributed by atoms with Gasteiger partial charge in [0.05, 0.1) is 6.54 Å². The van der Waals surface area contributed by atoms with Gasteiger partial charge in [-0.15, -0.1) is 0 Å². The zero-order valence-electron chi connectivity index (χ0n) is 11.5. The first-order valence-electron chi connectivity index (χ1n) is 6.36. The molecule has 0 fully saturated rings. The SMILES string of the molecule is CCOC(CNC(=O)c1cc(F)ccc1C)OCC. The number of hydrogen-bond acceptors (Lipinski definition) is 3. The summed E-state index contributed by atoms with van der Waals surface area (Å²) in [6.45, 7) is 6.70. The Bertz CT molecular complexity index is 417. The summed E-state index contributed by atoms with van der Waals surface area (Å²) in [5, 5.41) is 2.68. The van der Waals surface area contributed by atoms with E-state index in [1.165, 1.54) is 12.1 Å². The molecule has 0 atom stereocenters. The predicted molar refractivity (Wildman–Crippen MR) is 70.5 cm³/mol. The monoisotopic (exact) mass is 269 g/mol. The summed E-state index contributed by atoms with van der Waals surface area (Å²) in [5.74, 6) is -0.761. The summed E-state index contributed by atoms with van der Waals surface area (Å²) in [6.07, 6.45) is -0.479. The van der Waals surface area contributed by atoms with Crippen LogP contribution >= 0.6 is 0 Å². The van der Waals surface area contributed by atoms with Gasteiger partial charge in [-0.25, -0.2) is 4.39 Å². The van der Waals surface area contributed by atoms with Gasteiger partial charge in [-0.3, -0.25) is 4.79 Å². The lowest BCUT2D eigenvalue weighted by molar-refractivity contribution is -0.131. The van der Waals surface area contributed by atoms with Gasteiger partial charge in [-0.1, -0.05) is 6.07 Å². The third-order valence-electron chi connectivity index (χ3n) is 2.58. The normalized spacial score (nSPS) is 10.8. The second kappa shape index (κ2) is 7.86. The maximum atomic E-state index is 13.1. The molecule has 19 heavy (non-hydrogen) atoms. The van der Waals surface area contributed by atoms with Crippen molar-refractivity contribution in [3.8, 4) is 0 Å². The number of aryl methyl sites for hydroxylation is 1. The summed E-state index contributed by atoms with van der Waals surface area (Å²) in [5.41, 5.74) is 1.05. The molecule has 0 radical (unpaired) electrons. The highest BCUT2D eigenvalue weighted by atomic mass is 19.1.